The largest absolute Gasteiger partial charge is 0.341 e. The lowest BCUT2D eigenvalue weighted by atomic mass is 9.95. The van der Waals surface area contributed by atoms with Crippen LogP contribution in [0, 0.1) is 11.8 Å². The van der Waals surface area contributed by atoms with Crippen LogP contribution in [0.5, 0.6) is 0 Å². The average molecular weight is 490 g/mol. The van der Waals surface area contributed by atoms with Gasteiger partial charge in [0.25, 0.3) is 5.56 Å². The zero-order valence-electron chi connectivity index (χ0n) is 20.8. The van der Waals surface area contributed by atoms with Crippen LogP contribution in [-0.4, -0.2) is 48.1 Å². The summed E-state index contributed by atoms with van der Waals surface area (Å²) in [5, 5.41) is 12.0. The van der Waals surface area contributed by atoms with Gasteiger partial charge in [0.2, 0.25) is 5.95 Å². The summed E-state index contributed by atoms with van der Waals surface area (Å²) in [5.41, 5.74) is 8.33. The molecular weight excluding hydrogens is 458 g/mol. The van der Waals surface area contributed by atoms with Crippen molar-refractivity contribution in [1.29, 1.82) is 0 Å². The normalized spacial score (nSPS) is 19.6. The summed E-state index contributed by atoms with van der Waals surface area (Å²) in [6.45, 7) is 5.17. The fraction of sp³-hybridized carbons (Fsp3) is 0.423. The number of anilines is 1. The van der Waals surface area contributed by atoms with Gasteiger partial charge in [-0.05, 0) is 43.9 Å². The zero-order valence-corrected chi connectivity index (χ0v) is 20.8. The van der Waals surface area contributed by atoms with Crippen molar-refractivity contribution >= 4 is 23.2 Å². The molecule has 3 aromatic rings. The summed E-state index contributed by atoms with van der Waals surface area (Å²) in [7, 11) is 1.62. The first-order valence-electron chi connectivity index (χ1n) is 12.2. The lowest BCUT2D eigenvalue weighted by molar-refractivity contribution is -0.100. The molecule has 0 amide bonds. The van der Waals surface area contributed by atoms with Crippen LogP contribution in [0.15, 0.2) is 39.6 Å². The van der Waals surface area contributed by atoms with Crippen LogP contribution < -0.4 is 21.9 Å². The number of hydrogen-bond acceptors (Lipinski definition) is 7. The van der Waals surface area contributed by atoms with Gasteiger partial charge < -0.3 is 10.6 Å². The Morgan fingerprint density at radius 1 is 1.22 bits per heavy atom. The summed E-state index contributed by atoms with van der Waals surface area (Å²) >= 11 is 0. The second-order valence-electron chi connectivity index (χ2n) is 9.48. The number of hydrogen-bond donors (Lipinski definition) is 2. The Balaban J connectivity index is 1.68. The average Bonchev–Trinajstić information content (AvgIpc) is 3.26. The quantitative estimate of drug-likeness (QED) is 0.536. The Morgan fingerprint density at radius 3 is 2.75 bits per heavy atom. The van der Waals surface area contributed by atoms with E-state index in [-0.39, 0.29) is 19.1 Å². The second-order valence-corrected chi connectivity index (χ2v) is 9.48. The minimum atomic E-state index is -0.597. The van der Waals surface area contributed by atoms with E-state index < -0.39 is 17.3 Å². The number of aromatic nitrogens is 4. The molecule has 2 atom stereocenters. The molecule has 2 unspecified atom stereocenters. The maximum absolute atomic E-state index is 13.9. The van der Waals surface area contributed by atoms with Crippen LogP contribution in [0.25, 0.3) is 17.2 Å². The number of aryl methyl sites for hydroxylation is 1. The van der Waals surface area contributed by atoms with Crippen molar-refractivity contribution in [3.8, 4) is 11.8 Å². The van der Waals surface area contributed by atoms with Crippen LogP contribution in [0.3, 0.4) is 0 Å². The molecule has 3 N–H and O–H groups in total. The van der Waals surface area contributed by atoms with Crippen LogP contribution >= 0.6 is 0 Å². The first-order chi connectivity index (χ1) is 17.3. The van der Waals surface area contributed by atoms with Gasteiger partial charge in [0.1, 0.15) is 0 Å². The summed E-state index contributed by atoms with van der Waals surface area (Å²) in [5.74, 6) is 6.53. The molecule has 0 aliphatic carbocycles. The molecule has 0 spiro atoms. The van der Waals surface area contributed by atoms with E-state index in [0.717, 1.165) is 35.6 Å². The Morgan fingerprint density at radius 2 is 2.00 bits per heavy atom. The summed E-state index contributed by atoms with van der Waals surface area (Å²) < 4.78 is 4.38. The smallest absolute Gasteiger partial charge is 0.332 e. The van der Waals surface area contributed by atoms with Gasteiger partial charge in [0.15, 0.2) is 11.2 Å². The lowest BCUT2D eigenvalue weighted by Gasteiger charge is -2.33. The number of hydroxylamine groups is 2. The maximum atomic E-state index is 13.9. The number of rotatable bonds is 4. The molecule has 0 bridgehead atoms. The first-order valence-corrected chi connectivity index (χ1v) is 12.2. The number of fused-ring (bicyclic) bond motifs is 2. The van der Waals surface area contributed by atoms with Crippen molar-refractivity contribution < 1.29 is 5.21 Å². The van der Waals surface area contributed by atoms with E-state index in [9.17, 15) is 14.8 Å². The van der Waals surface area contributed by atoms with Crippen molar-refractivity contribution in [3.63, 3.8) is 0 Å². The van der Waals surface area contributed by atoms with Crippen molar-refractivity contribution in [1.82, 2.24) is 23.7 Å². The third kappa shape index (κ3) is 3.90. The molecule has 1 fully saturated rings. The van der Waals surface area contributed by atoms with Gasteiger partial charge >= 0.3 is 5.69 Å². The van der Waals surface area contributed by atoms with E-state index >= 15 is 0 Å². The monoisotopic (exact) mass is 489 g/mol. The van der Waals surface area contributed by atoms with Crippen LogP contribution in [0.1, 0.15) is 43.9 Å². The SMILES string of the molecule is CC#CCn1c(N2CCCC(N)C2)nc2c1c(=O)n(CC1c3ccccc3C=C(C)N1O)c(=O)n2C. The molecular formula is C26H31N7O3. The molecule has 10 heteroatoms. The summed E-state index contributed by atoms with van der Waals surface area (Å²) in [6.07, 6.45) is 3.74. The van der Waals surface area contributed by atoms with E-state index in [1.165, 1.54) is 9.13 Å². The van der Waals surface area contributed by atoms with Crippen molar-refractivity contribution in [2.75, 3.05) is 18.0 Å². The van der Waals surface area contributed by atoms with Crippen LogP contribution in [0.2, 0.25) is 0 Å². The molecule has 2 aliphatic heterocycles. The third-order valence-corrected chi connectivity index (χ3v) is 7.10. The minimum Gasteiger partial charge on any atom is -0.341 e. The summed E-state index contributed by atoms with van der Waals surface area (Å²) in [4.78, 5) is 34.2. The minimum absolute atomic E-state index is 0.0166. The molecule has 36 heavy (non-hydrogen) atoms. The molecule has 4 heterocycles. The van der Waals surface area contributed by atoms with Crippen molar-refractivity contribution in [3.05, 3.63) is 61.9 Å². The van der Waals surface area contributed by atoms with Crippen LogP contribution in [0.4, 0.5) is 5.95 Å². The fourth-order valence-electron chi connectivity index (χ4n) is 5.23. The zero-order chi connectivity index (χ0) is 25.6. The molecule has 188 valence electrons. The van der Waals surface area contributed by atoms with E-state index in [1.54, 1.807) is 25.5 Å². The number of allylic oxidation sites excluding steroid dienone is 1. The number of benzene rings is 1. The highest BCUT2D eigenvalue weighted by Crippen LogP contribution is 2.33. The number of nitrogens with two attached hydrogens (primary N) is 1. The Hall–Kier alpha value is -3.81. The van der Waals surface area contributed by atoms with Crippen molar-refractivity contribution in [2.24, 2.45) is 12.8 Å². The molecule has 1 aromatic carbocycles. The Kier molecular flexibility index (Phi) is 6.20. The predicted octanol–water partition coefficient (Wildman–Crippen LogP) is 1.65. The van der Waals surface area contributed by atoms with E-state index in [1.807, 2.05) is 30.3 Å². The lowest BCUT2D eigenvalue weighted by Crippen LogP contribution is -2.44. The van der Waals surface area contributed by atoms with Crippen molar-refractivity contribution in [2.45, 2.75) is 51.9 Å². The van der Waals surface area contributed by atoms with Gasteiger partial charge in [-0.3, -0.25) is 28.8 Å². The molecule has 2 aromatic heterocycles. The molecule has 2 aliphatic rings. The number of piperidine rings is 1. The first kappa shape index (κ1) is 23.9. The standard InChI is InChI=1S/C26H31N7O3/c1-4-5-13-31-22-23(28-25(31)30-12-8-10-19(27)15-30)29(3)26(35)32(24(22)34)16-21-20-11-7-6-9-18(20)14-17(2)33(21)36/h6-7,9,11,14,19,21,36H,8,10,12-13,15-16,27H2,1-3H3. The van der Waals surface area contributed by atoms with E-state index in [0.29, 0.717) is 29.4 Å². The van der Waals surface area contributed by atoms with Crippen LogP contribution in [-0.2, 0) is 20.1 Å². The van der Waals surface area contributed by atoms with Gasteiger partial charge in [-0.2, -0.15) is 4.98 Å². The molecule has 5 rings (SSSR count). The molecule has 0 saturated carbocycles. The molecule has 10 nitrogen and oxygen atoms in total. The van der Waals surface area contributed by atoms with Gasteiger partial charge in [-0.15, -0.1) is 5.92 Å². The Labute approximate surface area is 208 Å². The van der Waals surface area contributed by atoms with Gasteiger partial charge in [-0.1, -0.05) is 30.2 Å². The van der Waals surface area contributed by atoms with E-state index in [2.05, 4.69) is 16.7 Å². The predicted molar refractivity (Wildman–Crippen MR) is 139 cm³/mol. The Bertz CT molecular complexity index is 1540. The fourth-order valence-corrected chi connectivity index (χ4v) is 5.23. The highest BCUT2D eigenvalue weighted by molar-refractivity contribution is 5.75. The second kappa shape index (κ2) is 9.33. The topological polar surface area (TPSA) is 115 Å². The summed E-state index contributed by atoms with van der Waals surface area (Å²) in [6, 6.07) is 7.08. The maximum Gasteiger partial charge on any atom is 0.332 e. The highest BCUT2D eigenvalue weighted by Gasteiger charge is 2.30. The third-order valence-electron chi connectivity index (χ3n) is 7.10. The number of nitrogens with zero attached hydrogens (tertiary/aromatic N) is 6. The molecule has 1 saturated heterocycles. The number of imidazole rings is 1. The van der Waals surface area contributed by atoms with Gasteiger partial charge in [0, 0.05) is 31.9 Å². The highest BCUT2D eigenvalue weighted by atomic mass is 16.5. The van der Waals surface area contributed by atoms with E-state index in [4.69, 9.17) is 10.7 Å². The van der Waals surface area contributed by atoms with Gasteiger partial charge in [0.05, 0.1) is 19.1 Å². The molecule has 0 radical (unpaired) electrons. The van der Waals surface area contributed by atoms with Gasteiger partial charge in [-0.25, -0.2) is 4.79 Å².